The van der Waals surface area contributed by atoms with Gasteiger partial charge in [0.1, 0.15) is 22.6 Å². The van der Waals surface area contributed by atoms with Crippen LogP contribution in [0.25, 0.3) is 5.76 Å². The van der Waals surface area contributed by atoms with E-state index in [0.717, 1.165) is 0 Å². The van der Waals surface area contributed by atoms with Crippen LogP contribution >= 0.6 is 34.5 Å². The molecule has 1 N–H and O–H groups in total. The Kier molecular flexibility index (Phi) is 6.34. The highest BCUT2D eigenvalue weighted by Gasteiger charge is 2.47. The molecular weight excluding hydrogens is 492 g/mol. The van der Waals surface area contributed by atoms with Crippen LogP contribution in [0.15, 0.2) is 53.4 Å². The molecule has 170 valence electrons. The molecule has 2 heterocycles. The second kappa shape index (κ2) is 9.05. The van der Waals surface area contributed by atoms with Crippen molar-refractivity contribution in [3.05, 3.63) is 79.7 Å². The molecule has 0 bridgehead atoms. The van der Waals surface area contributed by atoms with Crippen LogP contribution in [0, 0.1) is 5.82 Å². The third-order valence-electron chi connectivity index (χ3n) is 5.16. The van der Waals surface area contributed by atoms with Crippen LogP contribution in [0.4, 0.5) is 10.1 Å². The SMILES string of the molecule is COc1c(Cl)cc(/C(O)=C2/C(=O)C(=O)N(c3ccc(F)cc3)C2c2cccs2)c(OC)c1Cl. The lowest BCUT2D eigenvalue weighted by Crippen LogP contribution is -2.29. The summed E-state index contributed by atoms with van der Waals surface area (Å²) in [7, 11) is 2.70. The summed E-state index contributed by atoms with van der Waals surface area (Å²) in [6.45, 7) is 0. The van der Waals surface area contributed by atoms with E-state index in [-0.39, 0.29) is 32.7 Å². The smallest absolute Gasteiger partial charge is 0.300 e. The van der Waals surface area contributed by atoms with Crippen LogP contribution in [0.3, 0.4) is 0 Å². The number of carbonyl (C=O) groups excluding carboxylic acids is 2. The molecule has 1 aliphatic rings. The van der Waals surface area contributed by atoms with Gasteiger partial charge in [0.25, 0.3) is 11.7 Å². The first-order valence-electron chi connectivity index (χ1n) is 9.50. The van der Waals surface area contributed by atoms with E-state index in [9.17, 15) is 19.1 Å². The third-order valence-corrected chi connectivity index (χ3v) is 6.71. The molecular formula is C23H16Cl2FNO5S. The van der Waals surface area contributed by atoms with E-state index in [1.165, 1.54) is 60.8 Å². The van der Waals surface area contributed by atoms with E-state index in [1.54, 1.807) is 17.5 Å². The first-order valence-corrected chi connectivity index (χ1v) is 11.1. The summed E-state index contributed by atoms with van der Waals surface area (Å²) in [5, 5.41) is 13.1. The fraction of sp³-hybridized carbons (Fsp3) is 0.130. The molecule has 1 aliphatic heterocycles. The number of thiophene rings is 1. The van der Waals surface area contributed by atoms with Crippen molar-refractivity contribution in [1.29, 1.82) is 0 Å². The quantitative estimate of drug-likeness (QED) is 0.266. The van der Waals surface area contributed by atoms with Crippen LogP contribution < -0.4 is 14.4 Å². The number of hydrogen-bond acceptors (Lipinski definition) is 6. The molecule has 1 atom stereocenters. The van der Waals surface area contributed by atoms with Gasteiger partial charge in [-0.1, -0.05) is 29.3 Å². The number of ether oxygens (including phenoxy) is 2. The lowest BCUT2D eigenvalue weighted by atomic mass is 9.99. The van der Waals surface area contributed by atoms with Gasteiger partial charge in [0.2, 0.25) is 0 Å². The third kappa shape index (κ3) is 3.84. The topological polar surface area (TPSA) is 76.1 Å². The lowest BCUT2D eigenvalue weighted by molar-refractivity contribution is -0.132. The zero-order chi connectivity index (χ0) is 23.9. The number of nitrogens with zero attached hydrogens (tertiary/aromatic N) is 1. The second-order valence-electron chi connectivity index (χ2n) is 6.95. The Morgan fingerprint density at radius 1 is 1.09 bits per heavy atom. The van der Waals surface area contributed by atoms with Crippen molar-refractivity contribution in [3.8, 4) is 11.5 Å². The number of aliphatic hydroxyl groups is 1. The van der Waals surface area contributed by atoms with Gasteiger partial charge in [-0.2, -0.15) is 0 Å². The first-order chi connectivity index (χ1) is 15.8. The number of Topliss-reactive ketones (excluding diaryl/α,β-unsaturated/α-hetero) is 1. The Hall–Kier alpha value is -3.07. The van der Waals surface area contributed by atoms with E-state index < -0.39 is 29.3 Å². The molecule has 1 unspecified atom stereocenters. The van der Waals surface area contributed by atoms with Gasteiger partial charge in [0.15, 0.2) is 11.5 Å². The molecule has 1 aromatic heterocycles. The molecule has 0 spiro atoms. The number of halogens is 3. The van der Waals surface area contributed by atoms with Crippen molar-refractivity contribution in [2.75, 3.05) is 19.1 Å². The van der Waals surface area contributed by atoms with Crippen molar-refractivity contribution in [2.45, 2.75) is 6.04 Å². The predicted octanol–water partition coefficient (Wildman–Crippen LogP) is 5.84. The summed E-state index contributed by atoms with van der Waals surface area (Å²) in [4.78, 5) is 28.1. The molecule has 6 nitrogen and oxygen atoms in total. The number of aliphatic hydroxyl groups excluding tert-OH is 1. The Bertz CT molecular complexity index is 1280. The number of ketones is 1. The average molecular weight is 508 g/mol. The molecule has 1 saturated heterocycles. The van der Waals surface area contributed by atoms with Gasteiger partial charge in [0.05, 0.1) is 30.4 Å². The summed E-state index contributed by atoms with van der Waals surface area (Å²) >= 11 is 13.9. The summed E-state index contributed by atoms with van der Waals surface area (Å²) in [6.07, 6.45) is 0. The highest BCUT2D eigenvalue weighted by molar-refractivity contribution is 7.10. The normalized spacial score (nSPS) is 17.5. The van der Waals surface area contributed by atoms with E-state index in [0.29, 0.717) is 10.6 Å². The molecule has 3 aromatic rings. The van der Waals surface area contributed by atoms with Crippen LogP contribution in [-0.4, -0.2) is 31.0 Å². The van der Waals surface area contributed by atoms with Crippen LogP contribution in [0.1, 0.15) is 16.5 Å². The lowest BCUT2D eigenvalue weighted by Gasteiger charge is -2.24. The molecule has 0 aliphatic carbocycles. The molecule has 4 rings (SSSR count). The molecule has 2 aromatic carbocycles. The van der Waals surface area contributed by atoms with Crippen LogP contribution in [-0.2, 0) is 9.59 Å². The summed E-state index contributed by atoms with van der Waals surface area (Å²) < 4.78 is 24.0. The van der Waals surface area contributed by atoms with E-state index in [1.807, 2.05) is 0 Å². The van der Waals surface area contributed by atoms with E-state index in [4.69, 9.17) is 32.7 Å². The summed E-state index contributed by atoms with van der Waals surface area (Å²) in [5.74, 6) is -2.64. The van der Waals surface area contributed by atoms with Gasteiger partial charge in [-0.15, -0.1) is 11.3 Å². The highest BCUT2D eigenvalue weighted by Crippen LogP contribution is 2.48. The predicted molar refractivity (Wildman–Crippen MR) is 125 cm³/mol. The standard InChI is InChI=1S/C23H16Cl2FNO5S/c1-31-21-13(10-14(24)22(32-2)17(21)25)19(28)16-18(15-4-3-9-33-15)27(23(30)20(16)29)12-7-5-11(26)6-8-12/h3-10,18,28H,1-2H3/b19-16-. The van der Waals surface area contributed by atoms with Gasteiger partial charge >= 0.3 is 0 Å². The van der Waals surface area contributed by atoms with Crippen molar-refractivity contribution >= 4 is 57.7 Å². The van der Waals surface area contributed by atoms with Crippen molar-refractivity contribution in [2.24, 2.45) is 0 Å². The second-order valence-corrected chi connectivity index (χ2v) is 8.71. The summed E-state index contributed by atoms with van der Waals surface area (Å²) in [5.41, 5.74) is 0.142. The number of methoxy groups -OCH3 is 2. The Morgan fingerprint density at radius 3 is 2.33 bits per heavy atom. The van der Waals surface area contributed by atoms with E-state index >= 15 is 0 Å². The van der Waals surface area contributed by atoms with Crippen molar-refractivity contribution < 1.29 is 28.6 Å². The number of benzene rings is 2. The number of amides is 1. The minimum Gasteiger partial charge on any atom is -0.507 e. The maximum absolute atomic E-state index is 13.5. The largest absolute Gasteiger partial charge is 0.507 e. The zero-order valence-corrected chi connectivity index (χ0v) is 19.6. The minimum atomic E-state index is -0.958. The fourth-order valence-electron chi connectivity index (χ4n) is 3.71. The molecule has 1 amide bonds. The van der Waals surface area contributed by atoms with Gasteiger partial charge in [-0.05, 0) is 41.8 Å². The Morgan fingerprint density at radius 2 is 1.76 bits per heavy atom. The van der Waals surface area contributed by atoms with Gasteiger partial charge in [-0.3, -0.25) is 14.5 Å². The maximum atomic E-state index is 13.5. The van der Waals surface area contributed by atoms with Gasteiger partial charge < -0.3 is 14.6 Å². The molecule has 0 radical (unpaired) electrons. The van der Waals surface area contributed by atoms with Crippen molar-refractivity contribution in [1.82, 2.24) is 0 Å². The maximum Gasteiger partial charge on any atom is 0.300 e. The van der Waals surface area contributed by atoms with Gasteiger partial charge in [0, 0.05) is 10.6 Å². The van der Waals surface area contributed by atoms with Crippen molar-refractivity contribution in [3.63, 3.8) is 0 Å². The number of anilines is 1. The number of rotatable bonds is 5. The number of carbonyl (C=O) groups is 2. The monoisotopic (exact) mass is 507 g/mol. The Labute approximate surface area is 202 Å². The molecule has 0 saturated carbocycles. The minimum absolute atomic E-state index is 0.00510. The molecule has 10 heteroatoms. The van der Waals surface area contributed by atoms with Gasteiger partial charge in [-0.25, -0.2) is 4.39 Å². The number of hydrogen-bond donors (Lipinski definition) is 1. The Balaban J connectivity index is 1.98. The molecule has 33 heavy (non-hydrogen) atoms. The summed E-state index contributed by atoms with van der Waals surface area (Å²) in [6, 6.07) is 9.03. The molecule has 1 fully saturated rings. The fourth-order valence-corrected chi connectivity index (χ4v) is 5.22. The first kappa shape index (κ1) is 23.1. The zero-order valence-electron chi connectivity index (χ0n) is 17.3. The van der Waals surface area contributed by atoms with Crippen LogP contribution in [0.5, 0.6) is 11.5 Å². The van der Waals surface area contributed by atoms with E-state index in [2.05, 4.69) is 0 Å². The average Bonchev–Trinajstić information content (AvgIpc) is 3.41. The highest BCUT2D eigenvalue weighted by atomic mass is 35.5. The van der Waals surface area contributed by atoms with Crippen LogP contribution in [0.2, 0.25) is 10.0 Å².